The van der Waals surface area contributed by atoms with Gasteiger partial charge in [0, 0.05) is 0 Å². The number of hydrogen-bond donors (Lipinski definition) is 0. The summed E-state index contributed by atoms with van der Waals surface area (Å²) in [6, 6.07) is 7.79. The van der Waals surface area contributed by atoms with Crippen LogP contribution in [0.5, 0.6) is 0 Å². The van der Waals surface area contributed by atoms with Crippen molar-refractivity contribution in [2.45, 2.75) is 5.88 Å². The normalized spacial score (nSPS) is 15.7. The number of ether oxygens (including phenoxy) is 1. The maximum Gasteiger partial charge on any atom is 0.143 e. The van der Waals surface area contributed by atoms with Crippen LogP contribution < -0.4 is 5.01 Å². The lowest BCUT2D eigenvalue weighted by atomic mass is 10.2. The summed E-state index contributed by atoms with van der Waals surface area (Å²) in [5, 5.41) is 11.3. The Morgan fingerprint density at radius 1 is 1.37 bits per heavy atom. The van der Waals surface area contributed by atoms with Crippen molar-refractivity contribution in [2.75, 3.05) is 31.3 Å². The topological polar surface area (TPSA) is 54.1 Å². The number of para-hydroxylation sites is 1. The predicted octanol–water partition coefficient (Wildman–Crippen LogP) is 1.61. The summed E-state index contributed by atoms with van der Waals surface area (Å²) in [5.74, 6) is 1.08. The van der Waals surface area contributed by atoms with Gasteiger partial charge in [0.15, 0.2) is 0 Å². The molecule has 0 aliphatic carbocycles. The number of imidazole rings is 1. The van der Waals surface area contributed by atoms with Crippen LogP contribution in [0.4, 0.5) is 0 Å². The summed E-state index contributed by atoms with van der Waals surface area (Å²) >= 11 is 5.99. The monoisotopic (exact) mass is 276 g/mol. The highest BCUT2D eigenvalue weighted by Gasteiger charge is 2.19. The second kappa shape index (κ2) is 5.08. The van der Waals surface area contributed by atoms with Crippen molar-refractivity contribution in [3.63, 3.8) is 0 Å². The van der Waals surface area contributed by atoms with Crippen molar-refractivity contribution in [1.82, 2.24) is 9.66 Å². The molecule has 1 aromatic heterocycles. The molecule has 3 rings (SSSR count). The summed E-state index contributed by atoms with van der Waals surface area (Å²) in [5.41, 5.74) is 2.22. The first-order valence-electron chi connectivity index (χ1n) is 6.14. The van der Waals surface area contributed by atoms with Gasteiger partial charge in [0.1, 0.15) is 17.4 Å². The van der Waals surface area contributed by atoms with Crippen LogP contribution in [-0.2, 0) is 10.6 Å². The Morgan fingerprint density at radius 2 is 2.16 bits per heavy atom. The van der Waals surface area contributed by atoms with Crippen molar-refractivity contribution < 1.29 is 4.74 Å². The maximum absolute atomic E-state index is 9.15. The third-order valence-corrected chi connectivity index (χ3v) is 3.48. The van der Waals surface area contributed by atoms with Gasteiger partial charge in [-0.3, -0.25) is 0 Å². The van der Waals surface area contributed by atoms with E-state index < -0.39 is 0 Å². The Bertz CT molecular complexity index is 640. The second-order valence-electron chi connectivity index (χ2n) is 4.32. The van der Waals surface area contributed by atoms with Crippen molar-refractivity contribution in [3.8, 4) is 6.07 Å². The van der Waals surface area contributed by atoms with E-state index in [0.29, 0.717) is 30.2 Å². The number of nitriles is 1. The highest BCUT2D eigenvalue weighted by Crippen LogP contribution is 2.21. The van der Waals surface area contributed by atoms with Gasteiger partial charge in [0.2, 0.25) is 0 Å². The lowest BCUT2D eigenvalue weighted by Gasteiger charge is -2.31. The number of benzene rings is 1. The Kier molecular flexibility index (Phi) is 3.28. The van der Waals surface area contributed by atoms with Gasteiger partial charge in [-0.05, 0) is 12.1 Å². The van der Waals surface area contributed by atoms with E-state index in [1.54, 1.807) is 6.07 Å². The standard InChI is InChI=1S/C13H13ClN4O/c14-8-12-16-13-10(9-15)2-1-3-11(13)18(12)17-4-6-19-7-5-17/h1-3H,4-8H2. The number of hydrogen-bond acceptors (Lipinski definition) is 4. The van der Waals surface area contributed by atoms with Gasteiger partial charge < -0.3 is 9.75 Å². The average molecular weight is 277 g/mol. The molecule has 19 heavy (non-hydrogen) atoms. The SMILES string of the molecule is N#Cc1cccc2c1nc(CCl)n2N1CCOCC1. The molecule has 1 aliphatic heterocycles. The van der Waals surface area contributed by atoms with E-state index in [-0.39, 0.29) is 0 Å². The zero-order chi connectivity index (χ0) is 13.2. The molecule has 0 amide bonds. The largest absolute Gasteiger partial charge is 0.378 e. The molecule has 98 valence electrons. The minimum absolute atomic E-state index is 0.316. The molecule has 1 aliphatic rings. The Labute approximate surface area is 115 Å². The van der Waals surface area contributed by atoms with E-state index in [9.17, 15) is 0 Å². The average Bonchev–Trinajstić information content (AvgIpc) is 2.86. The zero-order valence-corrected chi connectivity index (χ0v) is 11.1. The molecule has 0 bridgehead atoms. The molecule has 0 unspecified atom stereocenters. The van der Waals surface area contributed by atoms with Crippen LogP contribution >= 0.6 is 11.6 Å². The van der Waals surface area contributed by atoms with Crippen molar-refractivity contribution in [2.24, 2.45) is 0 Å². The number of morpholine rings is 1. The summed E-state index contributed by atoms with van der Waals surface area (Å²) in [4.78, 5) is 4.50. The minimum atomic E-state index is 0.316. The van der Waals surface area contributed by atoms with Crippen molar-refractivity contribution >= 4 is 22.6 Å². The van der Waals surface area contributed by atoms with E-state index in [1.165, 1.54) is 0 Å². The van der Waals surface area contributed by atoms with Gasteiger partial charge in [-0.1, -0.05) is 6.07 Å². The van der Waals surface area contributed by atoms with Gasteiger partial charge in [0.25, 0.3) is 0 Å². The summed E-state index contributed by atoms with van der Waals surface area (Å²) < 4.78 is 7.39. The third kappa shape index (κ3) is 2.03. The summed E-state index contributed by atoms with van der Waals surface area (Å²) in [6.45, 7) is 2.98. The van der Waals surface area contributed by atoms with Gasteiger partial charge in [0.05, 0.1) is 43.3 Å². The first kappa shape index (κ1) is 12.3. The van der Waals surface area contributed by atoms with Crippen molar-refractivity contribution in [3.05, 3.63) is 29.6 Å². The Hall–Kier alpha value is -1.77. The van der Waals surface area contributed by atoms with Crippen LogP contribution in [0, 0.1) is 11.3 Å². The fourth-order valence-corrected chi connectivity index (χ4v) is 2.55. The summed E-state index contributed by atoms with van der Waals surface area (Å²) in [6.07, 6.45) is 0. The van der Waals surface area contributed by atoms with E-state index >= 15 is 0 Å². The van der Waals surface area contributed by atoms with Crippen molar-refractivity contribution in [1.29, 1.82) is 5.26 Å². The molecule has 2 heterocycles. The fraction of sp³-hybridized carbons (Fsp3) is 0.385. The molecular formula is C13H13ClN4O. The minimum Gasteiger partial charge on any atom is -0.378 e. The molecule has 5 nitrogen and oxygen atoms in total. The molecule has 0 spiro atoms. The zero-order valence-electron chi connectivity index (χ0n) is 10.3. The molecule has 0 radical (unpaired) electrons. The van der Waals surface area contributed by atoms with E-state index in [2.05, 4.69) is 16.1 Å². The lowest BCUT2D eigenvalue weighted by molar-refractivity contribution is 0.111. The Morgan fingerprint density at radius 3 is 2.84 bits per heavy atom. The molecule has 2 aromatic rings. The van der Waals surface area contributed by atoms with Gasteiger partial charge >= 0.3 is 0 Å². The molecule has 0 atom stereocenters. The number of alkyl halides is 1. The van der Waals surface area contributed by atoms with Crippen LogP contribution in [0.3, 0.4) is 0 Å². The maximum atomic E-state index is 9.15. The highest BCUT2D eigenvalue weighted by molar-refractivity contribution is 6.16. The first-order valence-corrected chi connectivity index (χ1v) is 6.68. The van der Waals surface area contributed by atoms with E-state index in [0.717, 1.165) is 24.4 Å². The number of rotatable bonds is 2. The molecule has 0 N–H and O–H groups in total. The lowest BCUT2D eigenvalue weighted by Crippen LogP contribution is -2.44. The molecule has 1 saturated heterocycles. The molecule has 1 fully saturated rings. The van der Waals surface area contributed by atoms with Gasteiger partial charge in [-0.25, -0.2) is 9.66 Å². The molecule has 0 saturated carbocycles. The smallest absolute Gasteiger partial charge is 0.143 e. The number of nitrogens with zero attached hydrogens (tertiary/aromatic N) is 4. The fourth-order valence-electron chi connectivity index (χ4n) is 2.38. The van der Waals surface area contributed by atoms with Crippen LogP contribution in [0.15, 0.2) is 18.2 Å². The first-order chi connectivity index (χ1) is 9.35. The third-order valence-electron chi connectivity index (χ3n) is 3.24. The highest BCUT2D eigenvalue weighted by atomic mass is 35.5. The molecule has 1 aromatic carbocycles. The van der Waals surface area contributed by atoms with Crippen LogP contribution in [-0.4, -0.2) is 36.0 Å². The molecular weight excluding hydrogens is 264 g/mol. The van der Waals surface area contributed by atoms with Crippen LogP contribution in [0.1, 0.15) is 11.4 Å². The second-order valence-corrected chi connectivity index (χ2v) is 4.59. The van der Waals surface area contributed by atoms with Gasteiger partial charge in [-0.15, -0.1) is 11.6 Å². The van der Waals surface area contributed by atoms with Crippen LogP contribution in [0.2, 0.25) is 0 Å². The quantitative estimate of drug-likeness (QED) is 0.782. The number of fused-ring (bicyclic) bond motifs is 1. The van der Waals surface area contributed by atoms with E-state index in [1.807, 2.05) is 16.8 Å². The van der Waals surface area contributed by atoms with E-state index in [4.69, 9.17) is 21.6 Å². The number of aromatic nitrogens is 2. The Balaban J connectivity index is 2.19. The predicted molar refractivity (Wildman–Crippen MR) is 72.8 cm³/mol. The summed E-state index contributed by atoms with van der Waals surface area (Å²) in [7, 11) is 0. The van der Waals surface area contributed by atoms with Crippen LogP contribution in [0.25, 0.3) is 11.0 Å². The number of halogens is 1. The van der Waals surface area contributed by atoms with Gasteiger partial charge in [-0.2, -0.15) is 5.26 Å². The molecule has 6 heteroatoms.